The third kappa shape index (κ3) is 4.96. The minimum Gasteiger partial charge on any atom is -0.493 e. The summed E-state index contributed by atoms with van der Waals surface area (Å²) >= 11 is 3.42. The van der Waals surface area contributed by atoms with Gasteiger partial charge in [0.25, 0.3) is 0 Å². The number of hydrogen-bond acceptors (Lipinski definition) is 6. The van der Waals surface area contributed by atoms with Crippen LogP contribution >= 0.6 is 15.9 Å². The third-order valence-corrected chi connectivity index (χ3v) is 5.57. The van der Waals surface area contributed by atoms with Gasteiger partial charge in [-0.05, 0) is 42.3 Å². The van der Waals surface area contributed by atoms with Gasteiger partial charge in [-0.25, -0.2) is 0 Å². The fraction of sp³-hybridized carbons (Fsp3) is 0.125. The lowest BCUT2D eigenvalue weighted by Crippen LogP contribution is -2.09. The van der Waals surface area contributed by atoms with E-state index >= 15 is 0 Å². The van der Waals surface area contributed by atoms with Crippen LogP contribution in [0.25, 0.3) is 10.9 Å². The molecule has 34 heavy (non-hydrogen) atoms. The second-order valence-electron chi connectivity index (χ2n) is 7.52. The number of aryl methyl sites for hydroxylation is 1. The molecular weight excluding hydrogens is 504 g/mol. The monoisotopic (exact) mass is 522 g/mol. The largest absolute Gasteiger partial charge is 0.493 e. The predicted octanol–water partition coefficient (Wildman–Crippen LogP) is 6.06. The molecule has 10 heteroatoms. The van der Waals surface area contributed by atoms with Gasteiger partial charge in [-0.2, -0.15) is 0 Å². The molecule has 0 fully saturated rings. The van der Waals surface area contributed by atoms with Gasteiger partial charge in [-0.15, -0.1) is 10.2 Å². The molecular formula is C24H19BrN4O5. The molecule has 0 aliphatic carbocycles. The topological polar surface area (TPSA) is 119 Å². The Labute approximate surface area is 202 Å². The Balaban J connectivity index is 1.59. The average Bonchev–Trinajstić information content (AvgIpc) is 3.07. The van der Waals surface area contributed by atoms with E-state index in [2.05, 4.69) is 26.2 Å². The van der Waals surface area contributed by atoms with Crippen molar-refractivity contribution in [1.82, 2.24) is 4.57 Å². The second-order valence-corrected chi connectivity index (χ2v) is 8.43. The second kappa shape index (κ2) is 9.84. The summed E-state index contributed by atoms with van der Waals surface area (Å²) in [5, 5.41) is 30.4. The quantitative estimate of drug-likeness (QED) is 0.179. The van der Waals surface area contributed by atoms with Crippen molar-refractivity contribution in [2.45, 2.75) is 13.5 Å². The normalized spacial score (nSPS) is 11.2. The molecule has 0 unspecified atom stereocenters. The van der Waals surface area contributed by atoms with E-state index in [1.165, 1.54) is 12.1 Å². The number of hydrogen-bond donors (Lipinski definition) is 1. The van der Waals surface area contributed by atoms with Crippen LogP contribution in [0.15, 0.2) is 81.4 Å². The maximum atomic E-state index is 12.3. The lowest BCUT2D eigenvalue weighted by molar-refractivity contribution is -0.385. The van der Waals surface area contributed by atoms with E-state index in [4.69, 9.17) is 4.74 Å². The first-order valence-electron chi connectivity index (χ1n) is 10.2. The van der Waals surface area contributed by atoms with Crippen LogP contribution in [0, 0.1) is 17.0 Å². The van der Waals surface area contributed by atoms with Crippen LogP contribution in [-0.4, -0.2) is 27.1 Å². The Morgan fingerprint density at radius 3 is 2.65 bits per heavy atom. The Morgan fingerprint density at radius 1 is 1.15 bits per heavy atom. The summed E-state index contributed by atoms with van der Waals surface area (Å²) < 4.78 is 7.76. The first-order chi connectivity index (χ1) is 16.3. The van der Waals surface area contributed by atoms with Crippen LogP contribution < -0.4 is 4.74 Å². The average molecular weight is 523 g/mol. The highest BCUT2D eigenvalue weighted by Crippen LogP contribution is 2.40. The van der Waals surface area contributed by atoms with Gasteiger partial charge in [0.2, 0.25) is 5.88 Å². The van der Waals surface area contributed by atoms with E-state index in [-0.39, 0.29) is 23.0 Å². The van der Waals surface area contributed by atoms with Crippen LogP contribution in [0.2, 0.25) is 0 Å². The van der Waals surface area contributed by atoms with Crippen molar-refractivity contribution in [3.8, 4) is 11.6 Å². The van der Waals surface area contributed by atoms with Crippen molar-refractivity contribution < 1.29 is 19.6 Å². The van der Waals surface area contributed by atoms with Gasteiger partial charge < -0.3 is 14.4 Å². The molecule has 0 atom stereocenters. The van der Waals surface area contributed by atoms with E-state index in [1.54, 1.807) is 23.6 Å². The molecule has 1 aromatic heterocycles. The number of carbonyl (C=O) groups is 1. The first-order valence-corrected chi connectivity index (χ1v) is 11.0. The van der Waals surface area contributed by atoms with E-state index in [0.29, 0.717) is 17.5 Å². The summed E-state index contributed by atoms with van der Waals surface area (Å²) in [5.74, 6) is -0.929. The molecule has 1 amide bonds. The third-order valence-electron chi connectivity index (χ3n) is 5.08. The molecule has 0 aliphatic rings. The van der Waals surface area contributed by atoms with Crippen LogP contribution in [0.1, 0.15) is 11.1 Å². The summed E-state index contributed by atoms with van der Waals surface area (Å²) in [4.78, 5) is 22.9. The zero-order valence-corrected chi connectivity index (χ0v) is 19.6. The number of amides is 1. The van der Waals surface area contributed by atoms with Gasteiger partial charge in [0.05, 0.1) is 17.0 Å². The number of carbonyl (C=O) groups excluding carboxylic acids is 1. The van der Waals surface area contributed by atoms with Crippen molar-refractivity contribution in [3.05, 3.63) is 92.4 Å². The summed E-state index contributed by atoms with van der Waals surface area (Å²) in [7, 11) is 0. The van der Waals surface area contributed by atoms with E-state index in [9.17, 15) is 20.0 Å². The number of nitrogens with zero attached hydrogens (tertiary/aromatic N) is 4. The number of benzene rings is 3. The zero-order chi connectivity index (χ0) is 24.2. The zero-order valence-electron chi connectivity index (χ0n) is 18.0. The number of ether oxygens (including phenoxy) is 1. The summed E-state index contributed by atoms with van der Waals surface area (Å²) in [6, 6.07) is 19.5. The van der Waals surface area contributed by atoms with Gasteiger partial charge in [-0.3, -0.25) is 14.9 Å². The SMILES string of the molecule is Cc1ccc(OCC(=O)N=Nc2c(O)n(Cc3ccccc3)c3ccc(Br)cc23)c([N+](=O)[O-])c1. The maximum absolute atomic E-state index is 12.3. The Morgan fingerprint density at radius 2 is 1.91 bits per heavy atom. The molecule has 0 saturated heterocycles. The number of nitro groups is 1. The Bertz CT molecular complexity index is 1420. The fourth-order valence-corrected chi connectivity index (χ4v) is 3.85. The minimum absolute atomic E-state index is 0.0367. The van der Waals surface area contributed by atoms with Crippen LogP contribution in [-0.2, 0) is 11.3 Å². The van der Waals surface area contributed by atoms with Gasteiger partial charge in [-0.1, -0.05) is 52.3 Å². The summed E-state index contributed by atoms with van der Waals surface area (Å²) in [6.07, 6.45) is 0. The minimum atomic E-state index is -0.756. The summed E-state index contributed by atoms with van der Waals surface area (Å²) in [5.41, 5.74) is 2.29. The number of aromatic hydroxyl groups is 1. The molecule has 0 spiro atoms. The maximum Gasteiger partial charge on any atom is 0.311 e. The highest BCUT2D eigenvalue weighted by molar-refractivity contribution is 9.10. The number of halogens is 1. The number of azo groups is 1. The fourth-order valence-electron chi connectivity index (χ4n) is 3.49. The molecule has 4 aromatic rings. The van der Waals surface area contributed by atoms with Crippen molar-refractivity contribution in [2.24, 2.45) is 10.2 Å². The van der Waals surface area contributed by atoms with Crippen LogP contribution in [0.3, 0.4) is 0 Å². The Hall–Kier alpha value is -4.05. The molecule has 1 heterocycles. The molecule has 1 N–H and O–H groups in total. The number of fused-ring (bicyclic) bond motifs is 1. The number of nitro benzene ring substituents is 1. The van der Waals surface area contributed by atoms with Crippen molar-refractivity contribution >= 4 is 44.1 Å². The van der Waals surface area contributed by atoms with Crippen molar-refractivity contribution in [3.63, 3.8) is 0 Å². The highest BCUT2D eigenvalue weighted by Gasteiger charge is 2.19. The smallest absolute Gasteiger partial charge is 0.311 e. The lowest BCUT2D eigenvalue weighted by Gasteiger charge is -2.07. The van der Waals surface area contributed by atoms with Gasteiger partial charge >= 0.3 is 11.6 Å². The van der Waals surface area contributed by atoms with Gasteiger partial charge in [0.15, 0.2) is 18.0 Å². The van der Waals surface area contributed by atoms with Crippen LogP contribution in [0.5, 0.6) is 11.6 Å². The molecule has 172 valence electrons. The molecule has 0 saturated carbocycles. The number of aromatic nitrogens is 1. The van der Waals surface area contributed by atoms with Crippen molar-refractivity contribution in [1.29, 1.82) is 0 Å². The molecule has 3 aromatic carbocycles. The summed E-state index contributed by atoms with van der Waals surface area (Å²) in [6.45, 7) is 1.57. The lowest BCUT2D eigenvalue weighted by atomic mass is 10.2. The van der Waals surface area contributed by atoms with Crippen molar-refractivity contribution in [2.75, 3.05) is 6.61 Å². The van der Waals surface area contributed by atoms with Gasteiger partial charge in [0, 0.05) is 15.9 Å². The highest BCUT2D eigenvalue weighted by atomic mass is 79.9. The molecule has 0 radical (unpaired) electrons. The standard InChI is InChI=1S/C24H19BrN4O5/c1-15-7-10-21(20(11-15)29(32)33)34-14-22(30)26-27-23-18-12-17(25)8-9-19(18)28(24(23)31)13-16-5-3-2-4-6-16/h2-12,31H,13-14H2,1H3. The molecule has 4 rings (SSSR count). The van der Waals surface area contributed by atoms with Crippen LogP contribution in [0.4, 0.5) is 11.4 Å². The molecule has 0 aliphatic heterocycles. The van der Waals surface area contributed by atoms with E-state index in [1.807, 2.05) is 42.5 Å². The van der Waals surface area contributed by atoms with E-state index in [0.717, 1.165) is 15.6 Å². The van der Waals surface area contributed by atoms with Gasteiger partial charge in [0.1, 0.15) is 0 Å². The molecule has 0 bridgehead atoms. The Kier molecular flexibility index (Phi) is 6.69. The first kappa shape index (κ1) is 23.1. The number of rotatable bonds is 7. The predicted molar refractivity (Wildman–Crippen MR) is 130 cm³/mol. The molecule has 9 nitrogen and oxygen atoms in total. The van der Waals surface area contributed by atoms with E-state index < -0.39 is 17.4 Å².